The van der Waals surface area contributed by atoms with Crippen LogP contribution in [0.25, 0.3) is 15.9 Å². The number of ether oxygens (including phenoxy) is 1. The van der Waals surface area contributed by atoms with Crippen molar-refractivity contribution in [2.45, 2.75) is 56.9 Å². The predicted octanol–water partition coefficient (Wildman–Crippen LogP) is 4.19. The van der Waals surface area contributed by atoms with Crippen LogP contribution in [0, 0.1) is 5.82 Å². The number of thioether (sulfide) groups is 1. The van der Waals surface area contributed by atoms with E-state index in [2.05, 4.69) is 0 Å². The number of hydrogen-bond donors (Lipinski definition) is 0. The molecule has 0 saturated carbocycles. The number of fused-ring (bicyclic) bond motifs is 3. The van der Waals surface area contributed by atoms with Gasteiger partial charge in [0, 0.05) is 18.0 Å². The molecule has 1 aliphatic heterocycles. The second kappa shape index (κ2) is 9.19. The number of nitrogens with zero attached hydrogens (tertiary/aromatic N) is 3. The molecule has 2 atom stereocenters. The molecule has 1 aliphatic carbocycles. The highest BCUT2D eigenvalue weighted by Gasteiger charge is 2.27. The van der Waals surface area contributed by atoms with E-state index in [1.54, 1.807) is 34.4 Å². The number of morpholine rings is 1. The van der Waals surface area contributed by atoms with E-state index in [0.29, 0.717) is 28.5 Å². The van der Waals surface area contributed by atoms with Gasteiger partial charge in [0.1, 0.15) is 10.6 Å². The highest BCUT2D eigenvalue weighted by Crippen LogP contribution is 2.35. The molecule has 33 heavy (non-hydrogen) atoms. The molecule has 0 unspecified atom stereocenters. The molecular formula is C24H26FN3O3S2. The van der Waals surface area contributed by atoms with E-state index < -0.39 is 5.82 Å². The van der Waals surface area contributed by atoms with E-state index in [9.17, 15) is 14.0 Å². The average Bonchev–Trinajstić information content (AvgIpc) is 3.16. The fourth-order valence-corrected chi connectivity index (χ4v) is 6.94. The van der Waals surface area contributed by atoms with Gasteiger partial charge in [-0.2, -0.15) is 0 Å². The molecule has 2 aliphatic rings. The van der Waals surface area contributed by atoms with Gasteiger partial charge in [-0.3, -0.25) is 14.2 Å². The number of rotatable bonds is 4. The molecule has 0 bridgehead atoms. The SMILES string of the molecule is C[C@@H]1CN(C(=O)CSc2nc3sc4c(c3c(=O)n2-c2ccccc2F)CCCC4)C[C@@H](C)O1. The maximum Gasteiger partial charge on any atom is 0.267 e. The number of thiophene rings is 1. The van der Waals surface area contributed by atoms with Crippen LogP contribution in [-0.2, 0) is 22.4 Å². The van der Waals surface area contributed by atoms with Gasteiger partial charge in [0.15, 0.2) is 5.16 Å². The van der Waals surface area contributed by atoms with Gasteiger partial charge in [0.25, 0.3) is 5.56 Å². The van der Waals surface area contributed by atoms with Crippen molar-refractivity contribution in [1.29, 1.82) is 0 Å². The van der Waals surface area contributed by atoms with Crippen LogP contribution in [0.5, 0.6) is 0 Å². The Morgan fingerprint density at radius 2 is 1.94 bits per heavy atom. The number of para-hydroxylation sites is 1. The Morgan fingerprint density at radius 3 is 2.70 bits per heavy atom. The quantitative estimate of drug-likeness (QED) is 0.408. The highest BCUT2D eigenvalue weighted by molar-refractivity contribution is 7.99. The number of aryl methyl sites for hydroxylation is 2. The molecule has 3 aromatic rings. The zero-order chi connectivity index (χ0) is 23.1. The fourth-order valence-electron chi connectivity index (χ4n) is 4.73. The number of carbonyl (C=O) groups excluding carboxylic acids is 1. The van der Waals surface area contributed by atoms with Gasteiger partial charge in [-0.05, 0) is 57.2 Å². The summed E-state index contributed by atoms with van der Waals surface area (Å²) in [5, 5.41) is 0.948. The number of halogens is 1. The summed E-state index contributed by atoms with van der Waals surface area (Å²) in [4.78, 5) is 35.1. The highest BCUT2D eigenvalue weighted by atomic mass is 32.2. The van der Waals surface area contributed by atoms with Crippen LogP contribution in [-0.4, -0.2) is 51.4 Å². The second-order valence-electron chi connectivity index (χ2n) is 8.72. The van der Waals surface area contributed by atoms with Gasteiger partial charge in [-0.25, -0.2) is 9.37 Å². The van der Waals surface area contributed by atoms with Crippen molar-refractivity contribution in [2.24, 2.45) is 0 Å². The van der Waals surface area contributed by atoms with Gasteiger partial charge in [0.05, 0.1) is 29.0 Å². The van der Waals surface area contributed by atoms with Crippen molar-refractivity contribution in [3.63, 3.8) is 0 Å². The zero-order valence-electron chi connectivity index (χ0n) is 18.7. The van der Waals surface area contributed by atoms with Crippen molar-refractivity contribution in [1.82, 2.24) is 14.5 Å². The average molecular weight is 488 g/mol. The number of aromatic nitrogens is 2. The molecule has 5 rings (SSSR count). The lowest BCUT2D eigenvalue weighted by molar-refractivity contribution is -0.140. The van der Waals surface area contributed by atoms with Crippen LogP contribution >= 0.6 is 23.1 Å². The molecular weight excluding hydrogens is 461 g/mol. The molecule has 0 spiro atoms. The lowest BCUT2D eigenvalue weighted by Crippen LogP contribution is -2.48. The van der Waals surface area contributed by atoms with Gasteiger partial charge < -0.3 is 9.64 Å². The van der Waals surface area contributed by atoms with Crippen LogP contribution in [0.1, 0.15) is 37.1 Å². The van der Waals surface area contributed by atoms with E-state index in [1.165, 1.54) is 27.3 Å². The van der Waals surface area contributed by atoms with Gasteiger partial charge in [-0.15, -0.1) is 11.3 Å². The fraction of sp³-hybridized carbons (Fsp3) is 0.458. The van der Waals surface area contributed by atoms with Gasteiger partial charge in [0.2, 0.25) is 5.91 Å². The summed E-state index contributed by atoms with van der Waals surface area (Å²) in [5.74, 6) is -0.410. The summed E-state index contributed by atoms with van der Waals surface area (Å²) in [7, 11) is 0. The first-order chi connectivity index (χ1) is 15.9. The Kier molecular flexibility index (Phi) is 6.28. The van der Waals surface area contributed by atoms with Gasteiger partial charge in [-0.1, -0.05) is 23.9 Å². The van der Waals surface area contributed by atoms with Gasteiger partial charge >= 0.3 is 0 Å². The molecule has 1 aromatic carbocycles. The lowest BCUT2D eigenvalue weighted by Gasteiger charge is -2.35. The summed E-state index contributed by atoms with van der Waals surface area (Å²) >= 11 is 2.75. The Balaban J connectivity index is 1.55. The molecule has 9 heteroatoms. The van der Waals surface area contributed by atoms with Crippen LogP contribution in [0.15, 0.2) is 34.2 Å². The standard InChI is InChI=1S/C24H26FN3O3S2/c1-14-11-27(12-15(2)31-14)20(29)13-32-24-26-22-21(16-7-3-6-10-19(16)33-22)23(30)28(24)18-9-5-4-8-17(18)25/h4-5,8-9,14-15H,3,6-7,10-13H2,1-2H3/t14-,15-/m1/s1. The second-order valence-corrected chi connectivity index (χ2v) is 10.7. The maximum absolute atomic E-state index is 14.8. The summed E-state index contributed by atoms with van der Waals surface area (Å²) in [6, 6.07) is 6.22. The molecule has 174 valence electrons. The Labute approximate surface area is 199 Å². The first-order valence-corrected chi connectivity index (χ1v) is 13.1. The Morgan fingerprint density at radius 1 is 1.21 bits per heavy atom. The molecule has 2 aromatic heterocycles. The molecule has 3 heterocycles. The number of carbonyl (C=O) groups is 1. The minimum absolute atomic E-state index is 0.0220. The van der Waals surface area contributed by atoms with E-state index in [1.807, 2.05) is 13.8 Å². The molecule has 0 radical (unpaired) electrons. The van der Waals surface area contributed by atoms with E-state index in [0.717, 1.165) is 31.2 Å². The zero-order valence-corrected chi connectivity index (χ0v) is 20.3. The van der Waals surface area contributed by atoms with Crippen molar-refractivity contribution >= 4 is 39.2 Å². The maximum atomic E-state index is 14.8. The van der Waals surface area contributed by atoms with Crippen LogP contribution in [0.3, 0.4) is 0 Å². The van der Waals surface area contributed by atoms with Crippen molar-refractivity contribution < 1.29 is 13.9 Å². The number of benzene rings is 1. The monoisotopic (exact) mass is 487 g/mol. The van der Waals surface area contributed by atoms with E-state index in [-0.39, 0.29) is 35.1 Å². The minimum atomic E-state index is -0.492. The molecule has 1 fully saturated rings. The smallest absolute Gasteiger partial charge is 0.267 e. The molecule has 0 N–H and O–H groups in total. The summed E-state index contributed by atoms with van der Waals surface area (Å²) in [6.07, 6.45) is 3.90. The molecule has 1 amide bonds. The van der Waals surface area contributed by atoms with E-state index >= 15 is 0 Å². The van der Waals surface area contributed by atoms with Crippen LogP contribution < -0.4 is 5.56 Å². The summed E-state index contributed by atoms with van der Waals surface area (Å²) < 4.78 is 21.9. The third-order valence-corrected chi connectivity index (χ3v) is 8.26. The first kappa shape index (κ1) is 22.6. The Bertz CT molecular complexity index is 1260. The number of hydrogen-bond acceptors (Lipinski definition) is 6. The van der Waals surface area contributed by atoms with Crippen LogP contribution in [0.2, 0.25) is 0 Å². The Hall–Kier alpha value is -2.23. The summed E-state index contributed by atoms with van der Waals surface area (Å²) in [5.41, 5.74) is 0.969. The first-order valence-electron chi connectivity index (χ1n) is 11.3. The largest absolute Gasteiger partial charge is 0.372 e. The normalized spacial score (nSPS) is 20.8. The predicted molar refractivity (Wildman–Crippen MR) is 129 cm³/mol. The summed E-state index contributed by atoms with van der Waals surface area (Å²) in [6.45, 7) is 4.97. The van der Waals surface area contributed by atoms with Crippen LogP contribution in [0.4, 0.5) is 4.39 Å². The number of amides is 1. The minimum Gasteiger partial charge on any atom is -0.372 e. The lowest BCUT2D eigenvalue weighted by atomic mass is 9.97. The molecule has 1 saturated heterocycles. The van der Waals surface area contributed by atoms with E-state index in [4.69, 9.17) is 9.72 Å². The van der Waals surface area contributed by atoms with Crippen molar-refractivity contribution in [3.8, 4) is 5.69 Å². The molecule has 6 nitrogen and oxygen atoms in total. The van der Waals surface area contributed by atoms with Crippen molar-refractivity contribution in [2.75, 3.05) is 18.8 Å². The topological polar surface area (TPSA) is 64.4 Å². The third-order valence-electron chi connectivity index (χ3n) is 6.15. The van der Waals surface area contributed by atoms with Crippen molar-refractivity contribution in [3.05, 3.63) is 50.9 Å². The third kappa shape index (κ3) is 4.34.